The summed E-state index contributed by atoms with van der Waals surface area (Å²) < 4.78 is 8.11. The molecule has 1 unspecified atom stereocenters. The highest BCUT2D eigenvalue weighted by molar-refractivity contribution is 7.17. The number of fused-ring (bicyclic) bond motifs is 1. The summed E-state index contributed by atoms with van der Waals surface area (Å²) in [5.41, 5.74) is 9.20. The number of benzene rings is 1. The number of amides is 1. The van der Waals surface area contributed by atoms with Gasteiger partial charge >= 0.3 is 0 Å². The molecule has 30 heavy (non-hydrogen) atoms. The minimum absolute atomic E-state index is 0.346. The number of anilines is 1. The highest BCUT2D eigenvalue weighted by Crippen LogP contribution is 2.39. The lowest BCUT2D eigenvalue weighted by Gasteiger charge is -2.16. The van der Waals surface area contributed by atoms with E-state index in [2.05, 4.69) is 4.98 Å². The summed E-state index contributed by atoms with van der Waals surface area (Å²) in [6, 6.07) is 13.3. The Balaban J connectivity index is 1.75. The normalized spacial score (nSPS) is 12.1. The third-order valence-corrected chi connectivity index (χ3v) is 6.33. The molecule has 1 aromatic carbocycles. The second kappa shape index (κ2) is 8.01. The van der Waals surface area contributed by atoms with Gasteiger partial charge in [-0.25, -0.2) is 4.98 Å². The van der Waals surface area contributed by atoms with Crippen LogP contribution in [0.1, 0.15) is 28.3 Å². The maximum absolute atomic E-state index is 12.1. The predicted octanol–water partition coefficient (Wildman–Crippen LogP) is 5.02. The van der Waals surface area contributed by atoms with Gasteiger partial charge in [0, 0.05) is 36.9 Å². The molecular formula is C22H21ClN4O2S. The first-order valence-corrected chi connectivity index (χ1v) is 10.5. The van der Waals surface area contributed by atoms with Gasteiger partial charge in [0.15, 0.2) is 0 Å². The van der Waals surface area contributed by atoms with Crippen LogP contribution in [0.3, 0.4) is 0 Å². The maximum atomic E-state index is 12.1. The molecule has 2 N–H and O–H groups in total. The van der Waals surface area contributed by atoms with E-state index in [1.807, 2.05) is 79.0 Å². The van der Waals surface area contributed by atoms with Crippen molar-refractivity contribution in [3.8, 4) is 16.3 Å². The molecule has 6 nitrogen and oxygen atoms in total. The van der Waals surface area contributed by atoms with E-state index in [4.69, 9.17) is 22.1 Å². The van der Waals surface area contributed by atoms with E-state index in [9.17, 15) is 4.79 Å². The van der Waals surface area contributed by atoms with E-state index >= 15 is 0 Å². The van der Waals surface area contributed by atoms with E-state index in [1.54, 1.807) is 6.20 Å². The van der Waals surface area contributed by atoms with Crippen LogP contribution in [0.4, 0.5) is 5.69 Å². The number of nitrogens with two attached hydrogens (primary N) is 1. The summed E-state index contributed by atoms with van der Waals surface area (Å²) in [6.07, 6.45) is 3.45. The zero-order chi connectivity index (χ0) is 21.4. The highest BCUT2D eigenvalue weighted by atomic mass is 35.5. The van der Waals surface area contributed by atoms with E-state index in [0.717, 1.165) is 27.5 Å². The number of pyridine rings is 1. The van der Waals surface area contributed by atoms with Gasteiger partial charge in [0.1, 0.15) is 22.4 Å². The molecular weight excluding hydrogens is 420 g/mol. The van der Waals surface area contributed by atoms with Gasteiger partial charge in [-0.3, -0.25) is 9.20 Å². The molecule has 0 saturated heterocycles. The lowest BCUT2D eigenvalue weighted by Crippen LogP contribution is -2.12. The van der Waals surface area contributed by atoms with Crippen LogP contribution in [0.2, 0.25) is 5.02 Å². The van der Waals surface area contributed by atoms with E-state index < -0.39 is 5.91 Å². The number of hydrogen-bond acceptors (Lipinski definition) is 5. The quantitative estimate of drug-likeness (QED) is 0.456. The number of aromatic nitrogens is 2. The van der Waals surface area contributed by atoms with E-state index in [-0.39, 0.29) is 6.10 Å². The lowest BCUT2D eigenvalue weighted by molar-refractivity contribution is 0.0998. The van der Waals surface area contributed by atoms with Gasteiger partial charge in [0.2, 0.25) is 0 Å². The molecule has 0 saturated carbocycles. The zero-order valence-electron chi connectivity index (χ0n) is 16.8. The molecule has 4 aromatic rings. The number of carbonyl (C=O) groups excluding carboxylic acids is 1. The van der Waals surface area contributed by atoms with Gasteiger partial charge in [0.25, 0.3) is 5.91 Å². The smallest absolute Gasteiger partial charge is 0.262 e. The molecule has 3 heterocycles. The monoisotopic (exact) mass is 440 g/mol. The van der Waals surface area contributed by atoms with Gasteiger partial charge in [-0.15, -0.1) is 11.3 Å². The molecule has 1 atom stereocenters. The third-order valence-electron chi connectivity index (χ3n) is 4.83. The Labute approximate surface area is 183 Å². The second-order valence-electron chi connectivity index (χ2n) is 7.10. The Bertz CT molecular complexity index is 1230. The molecule has 0 spiro atoms. The van der Waals surface area contributed by atoms with Crippen molar-refractivity contribution in [3.05, 3.63) is 70.3 Å². The molecule has 4 rings (SSSR count). The Morgan fingerprint density at radius 3 is 2.73 bits per heavy atom. The number of carbonyl (C=O) groups is 1. The summed E-state index contributed by atoms with van der Waals surface area (Å²) in [5.74, 6) is -0.0935. The first-order valence-electron chi connectivity index (χ1n) is 9.34. The summed E-state index contributed by atoms with van der Waals surface area (Å²) in [7, 11) is 3.96. The number of halogens is 1. The predicted molar refractivity (Wildman–Crippen MR) is 122 cm³/mol. The number of hydrogen-bond donors (Lipinski definition) is 1. The van der Waals surface area contributed by atoms with Crippen molar-refractivity contribution < 1.29 is 9.53 Å². The molecule has 0 fully saturated rings. The van der Waals surface area contributed by atoms with Crippen LogP contribution >= 0.6 is 22.9 Å². The Morgan fingerprint density at radius 1 is 1.27 bits per heavy atom. The molecule has 0 bridgehead atoms. The fourth-order valence-corrected chi connectivity index (χ4v) is 4.47. The van der Waals surface area contributed by atoms with Crippen LogP contribution in [0.15, 0.2) is 54.9 Å². The minimum Gasteiger partial charge on any atom is -0.484 e. The standard InChI is InChI=1S/C22H21ClN4O2S/c1-13(15-6-4-5-7-16(15)23)29-18-10-19(30-21(18)22(24)28)17-11-25-20-9-8-14(26(2)3)12-27(17)20/h4-13H,1-3H3,(H2,24,28). The fourth-order valence-electron chi connectivity index (χ4n) is 3.23. The van der Waals surface area contributed by atoms with Gasteiger partial charge in [-0.1, -0.05) is 29.8 Å². The van der Waals surface area contributed by atoms with Gasteiger partial charge in [0.05, 0.1) is 22.5 Å². The van der Waals surface area contributed by atoms with Crippen LogP contribution in [0, 0.1) is 0 Å². The molecule has 3 aromatic heterocycles. The first-order chi connectivity index (χ1) is 14.3. The first kappa shape index (κ1) is 20.3. The summed E-state index contributed by atoms with van der Waals surface area (Å²) >= 11 is 7.58. The van der Waals surface area contributed by atoms with Crippen LogP contribution < -0.4 is 15.4 Å². The van der Waals surface area contributed by atoms with Gasteiger partial charge in [-0.05, 0) is 25.1 Å². The Morgan fingerprint density at radius 2 is 2.03 bits per heavy atom. The minimum atomic E-state index is -0.532. The average molecular weight is 441 g/mol. The Kier molecular flexibility index (Phi) is 5.40. The van der Waals surface area contributed by atoms with Crippen LogP contribution in [-0.2, 0) is 0 Å². The van der Waals surface area contributed by atoms with Gasteiger partial charge < -0.3 is 15.4 Å². The number of rotatable bonds is 6. The van der Waals surface area contributed by atoms with Crippen molar-refractivity contribution in [3.63, 3.8) is 0 Å². The molecule has 0 aliphatic carbocycles. The second-order valence-corrected chi connectivity index (χ2v) is 8.56. The van der Waals surface area contributed by atoms with Gasteiger partial charge in [-0.2, -0.15) is 0 Å². The molecule has 154 valence electrons. The van der Waals surface area contributed by atoms with Crippen molar-refractivity contribution in [1.29, 1.82) is 0 Å². The molecule has 1 amide bonds. The Hall–Kier alpha value is -3.03. The third kappa shape index (κ3) is 3.74. The summed E-state index contributed by atoms with van der Waals surface area (Å²) in [6.45, 7) is 1.89. The molecule has 0 radical (unpaired) electrons. The zero-order valence-corrected chi connectivity index (χ0v) is 18.4. The highest BCUT2D eigenvalue weighted by Gasteiger charge is 2.21. The number of thiophene rings is 1. The molecule has 0 aliphatic heterocycles. The molecule has 8 heteroatoms. The lowest BCUT2D eigenvalue weighted by atomic mass is 10.1. The van der Waals surface area contributed by atoms with Crippen molar-refractivity contribution in [2.75, 3.05) is 19.0 Å². The maximum Gasteiger partial charge on any atom is 0.262 e. The SMILES string of the molecule is CC(Oc1cc(-c2cnc3ccc(N(C)C)cn23)sc1C(N)=O)c1ccccc1Cl. The topological polar surface area (TPSA) is 72.9 Å². The van der Waals surface area contributed by atoms with E-state index in [0.29, 0.717) is 15.6 Å². The van der Waals surface area contributed by atoms with E-state index in [1.165, 1.54) is 11.3 Å². The summed E-state index contributed by atoms with van der Waals surface area (Å²) in [4.78, 5) is 19.8. The number of imidazole rings is 1. The summed E-state index contributed by atoms with van der Waals surface area (Å²) in [5, 5.41) is 0.610. The van der Waals surface area contributed by atoms with Crippen molar-refractivity contribution >= 4 is 40.2 Å². The van der Waals surface area contributed by atoms with Crippen molar-refractivity contribution in [2.45, 2.75) is 13.0 Å². The number of primary amides is 1. The van der Waals surface area contributed by atoms with Crippen molar-refractivity contribution in [1.82, 2.24) is 9.38 Å². The fraction of sp³-hybridized carbons (Fsp3) is 0.182. The van der Waals surface area contributed by atoms with Crippen LogP contribution in [0.5, 0.6) is 5.75 Å². The number of ether oxygens (including phenoxy) is 1. The average Bonchev–Trinajstić information content (AvgIpc) is 3.31. The largest absolute Gasteiger partial charge is 0.484 e. The van der Waals surface area contributed by atoms with Crippen LogP contribution in [0.25, 0.3) is 16.2 Å². The number of nitrogens with zero attached hydrogens (tertiary/aromatic N) is 3. The molecule has 0 aliphatic rings. The van der Waals surface area contributed by atoms with Crippen molar-refractivity contribution in [2.24, 2.45) is 5.73 Å². The van der Waals surface area contributed by atoms with Crippen LogP contribution in [-0.4, -0.2) is 29.4 Å².